The van der Waals surface area contributed by atoms with E-state index in [2.05, 4.69) is 21.2 Å². The molecule has 0 saturated carbocycles. The number of hydrogen-bond acceptors (Lipinski definition) is 3. The van der Waals surface area contributed by atoms with Gasteiger partial charge in [0, 0.05) is 29.9 Å². The van der Waals surface area contributed by atoms with Gasteiger partial charge in [-0.05, 0) is 79.2 Å². The summed E-state index contributed by atoms with van der Waals surface area (Å²) in [6.45, 7) is 7.70. The van der Waals surface area contributed by atoms with Crippen molar-refractivity contribution in [2.75, 3.05) is 25.0 Å². The molecular weight excluding hydrogens is 396 g/mol. The minimum Gasteiger partial charge on any atom is -0.493 e. The van der Waals surface area contributed by atoms with Crippen molar-refractivity contribution in [2.24, 2.45) is 0 Å². The van der Waals surface area contributed by atoms with Crippen LogP contribution in [0.4, 0.5) is 5.69 Å². The minimum atomic E-state index is -0.225. The summed E-state index contributed by atoms with van der Waals surface area (Å²) < 4.78 is 6.18. The Balaban J connectivity index is 2.08. The molecule has 0 aliphatic heterocycles. The third-order valence-electron chi connectivity index (χ3n) is 3.93. The summed E-state index contributed by atoms with van der Waals surface area (Å²) in [5.41, 5.74) is 1.76. The van der Waals surface area contributed by atoms with Crippen LogP contribution in [-0.2, 0) is 0 Å². The monoisotopic (exact) mass is 418 g/mol. The minimum absolute atomic E-state index is 0.0108. The van der Waals surface area contributed by atoms with Crippen LogP contribution in [0.5, 0.6) is 5.75 Å². The van der Waals surface area contributed by atoms with Crippen molar-refractivity contribution >= 4 is 33.4 Å². The van der Waals surface area contributed by atoms with Gasteiger partial charge in [0.25, 0.3) is 11.8 Å². The van der Waals surface area contributed by atoms with Gasteiger partial charge in [0.05, 0.1) is 11.1 Å². The Bertz CT molecular complexity index is 771. The molecule has 6 heteroatoms. The SMILES string of the molecule is CCOc1ccc(C(=O)Nc2ccc(C(=O)N(CC)CC)cc2)cc1Br. The molecule has 26 heavy (non-hydrogen) atoms. The number of nitrogens with one attached hydrogen (secondary N) is 1. The topological polar surface area (TPSA) is 58.6 Å². The zero-order valence-corrected chi connectivity index (χ0v) is 16.8. The average molecular weight is 419 g/mol. The van der Waals surface area contributed by atoms with Crippen molar-refractivity contribution in [3.05, 3.63) is 58.1 Å². The number of carbonyl (C=O) groups is 2. The van der Waals surface area contributed by atoms with Crippen LogP contribution in [0.3, 0.4) is 0 Å². The van der Waals surface area contributed by atoms with Gasteiger partial charge in [0.15, 0.2) is 0 Å². The fourth-order valence-electron chi connectivity index (χ4n) is 2.51. The second-order valence-corrected chi connectivity index (χ2v) is 6.44. The van der Waals surface area contributed by atoms with Crippen LogP contribution >= 0.6 is 15.9 Å². The average Bonchev–Trinajstić information content (AvgIpc) is 2.65. The molecule has 138 valence electrons. The van der Waals surface area contributed by atoms with Crippen molar-refractivity contribution in [3.63, 3.8) is 0 Å². The van der Waals surface area contributed by atoms with E-state index in [4.69, 9.17) is 4.74 Å². The van der Waals surface area contributed by atoms with Crippen LogP contribution in [0, 0.1) is 0 Å². The lowest BCUT2D eigenvalue weighted by atomic mass is 10.1. The first-order valence-corrected chi connectivity index (χ1v) is 9.42. The molecule has 0 heterocycles. The smallest absolute Gasteiger partial charge is 0.255 e. The summed E-state index contributed by atoms with van der Waals surface area (Å²) >= 11 is 3.41. The third kappa shape index (κ3) is 4.85. The Morgan fingerprint density at radius 3 is 2.15 bits per heavy atom. The predicted octanol–water partition coefficient (Wildman–Crippen LogP) is 4.58. The molecule has 0 atom stereocenters. The summed E-state index contributed by atoms with van der Waals surface area (Å²) in [5.74, 6) is 0.461. The zero-order chi connectivity index (χ0) is 19.1. The van der Waals surface area contributed by atoms with E-state index in [1.807, 2.05) is 20.8 Å². The van der Waals surface area contributed by atoms with Gasteiger partial charge in [0.2, 0.25) is 0 Å². The molecule has 0 unspecified atom stereocenters. The van der Waals surface area contributed by atoms with E-state index in [0.717, 1.165) is 4.47 Å². The molecule has 0 aliphatic carbocycles. The number of ether oxygens (including phenoxy) is 1. The summed E-state index contributed by atoms with van der Waals surface area (Å²) in [5, 5.41) is 2.83. The van der Waals surface area contributed by atoms with Gasteiger partial charge >= 0.3 is 0 Å². The van der Waals surface area contributed by atoms with E-state index < -0.39 is 0 Å². The number of anilines is 1. The highest BCUT2D eigenvalue weighted by molar-refractivity contribution is 9.10. The Morgan fingerprint density at radius 1 is 1.00 bits per heavy atom. The first-order valence-electron chi connectivity index (χ1n) is 8.63. The third-order valence-corrected chi connectivity index (χ3v) is 4.55. The highest BCUT2D eigenvalue weighted by Crippen LogP contribution is 2.26. The van der Waals surface area contributed by atoms with Gasteiger partial charge in [0.1, 0.15) is 5.75 Å². The molecule has 0 spiro atoms. The highest BCUT2D eigenvalue weighted by atomic mass is 79.9. The van der Waals surface area contributed by atoms with Crippen LogP contribution in [0.25, 0.3) is 0 Å². The lowest BCUT2D eigenvalue weighted by molar-refractivity contribution is 0.0773. The van der Waals surface area contributed by atoms with Gasteiger partial charge < -0.3 is 15.0 Å². The van der Waals surface area contributed by atoms with Crippen molar-refractivity contribution in [1.82, 2.24) is 4.90 Å². The maximum atomic E-state index is 12.4. The van der Waals surface area contributed by atoms with Gasteiger partial charge in [-0.15, -0.1) is 0 Å². The van der Waals surface area contributed by atoms with E-state index in [9.17, 15) is 9.59 Å². The Morgan fingerprint density at radius 2 is 1.62 bits per heavy atom. The van der Waals surface area contributed by atoms with E-state index in [0.29, 0.717) is 42.3 Å². The number of benzene rings is 2. The molecule has 0 radical (unpaired) electrons. The molecule has 0 aromatic heterocycles. The van der Waals surface area contributed by atoms with Crippen molar-refractivity contribution in [3.8, 4) is 5.75 Å². The first-order chi connectivity index (χ1) is 12.5. The maximum Gasteiger partial charge on any atom is 0.255 e. The number of carbonyl (C=O) groups excluding carboxylic acids is 2. The quantitative estimate of drug-likeness (QED) is 0.715. The lowest BCUT2D eigenvalue weighted by Gasteiger charge is -2.18. The summed E-state index contributed by atoms with van der Waals surface area (Å²) in [6, 6.07) is 12.1. The summed E-state index contributed by atoms with van der Waals surface area (Å²) in [6.07, 6.45) is 0. The molecule has 2 amide bonds. The fourth-order valence-corrected chi connectivity index (χ4v) is 3.00. The van der Waals surface area contributed by atoms with E-state index >= 15 is 0 Å². The largest absolute Gasteiger partial charge is 0.493 e. The molecule has 0 saturated heterocycles. The Kier molecular flexibility index (Phi) is 7.21. The number of hydrogen-bond donors (Lipinski definition) is 1. The van der Waals surface area contributed by atoms with Gasteiger partial charge in [-0.1, -0.05) is 0 Å². The van der Waals surface area contributed by atoms with Crippen molar-refractivity contribution < 1.29 is 14.3 Å². The molecule has 0 aliphatic rings. The second-order valence-electron chi connectivity index (χ2n) is 5.59. The molecule has 2 aromatic rings. The van der Waals surface area contributed by atoms with Gasteiger partial charge in [-0.2, -0.15) is 0 Å². The maximum absolute atomic E-state index is 12.4. The molecular formula is C20H23BrN2O3. The van der Waals surface area contributed by atoms with Gasteiger partial charge in [-0.3, -0.25) is 9.59 Å². The van der Waals surface area contributed by atoms with Crippen molar-refractivity contribution in [1.29, 1.82) is 0 Å². The van der Waals surface area contributed by atoms with Crippen LogP contribution in [-0.4, -0.2) is 36.4 Å². The van der Waals surface area contributed by atoms with E-state index in [1.54, 1.807) is 47.4 Å². The van der Waals surface area contributed by atoms with Crippen LogP contribution < -0.4 is 10.1 Å². The molecule has 0 fully saturated rings. The lowest BCUT2D eigenvalue weighted by Crippen LogP contribution is -2.30. The molecule has 5 nitrogen and oxygen atoms in total. The highest BCUT2D eigenvalue weighted by Gasteiger charge is 2.13. The van der Waals surface area contributed by atoms with Crippen LogP contribution in [0.2, 0.25) is 0 Å². The van der Waals surface area contributed by atoms with Crippen LogP contribution in [0.15, 0.2) is 46.9 Å². The molecule has 2 rings (SSSR count). The number of amides is 2. The first kappa shape index (κ1) is 20.0. The van der Waals surface area contributed by atoms with Gasteiger partial charge in [-0.25, -0.2) is 0 Å². The molecule has 2 aromatic carbocycles. The van der Waals surface area contributed by atoms with E-state index in [1.165, 1.54) is 0 Å². The number of nitrogens with zero attached hydrogens (tertiary/aromatic N) is 1. The Labute approximate surface area is 162 Å². The predicted molar refractivity (Wildman–Crippen MR) is 107 cm³/mol. The van der Waals surface area contributed by atoms with Crippen molar-refractivity contribution in [2.45, 2.75) is 20.8 Å². The summed E-state index contributed by atoms with van der Waals surface area (Å²) in [7, 11) is 0. The second kappa shape index (κ2) is 9.38. The number of rotatable bonds is 7. The summed E-state index contributed by atoms with van der Waals surface area (Å²) in [4.78, 5) is 26.5. The normalized spacial score (nSPS) is 10.3. The molecule has 0 bridgehead atoms. The molecule has 1 N–H and O–H groups in total. The standard InChI is InChI=1S/C20H23BrN2O3/c1-4-23(5-2)20(25)14-7-10-16(11-8-14)22-19(24)15-9-12-18(26-6-3)17(21)13-15/h7-13H,4-6H2,1-3H3,(H,22,24). The van der Waals surface area contributed by atoms with Crippen LogP contribution in [0.1, 0.15) is 41.5 Å². The van der Waals surface area contributed by atoms with E-state index in [-0.39, 0.29) is 11.8 Å². The fraction of sp³-hybridized carbons (Fsp3) is 0.300. The zero-order valence-electron chi connectivity index (χ0n) is 15.2. The number of halogens is 1. The Hall–Kier alpha value is -2.34.